The Morgan fingerprint density at radius 1 is 1.26 bits per heavy atom. The molecule has 6 nitrogen and oxygen atoms in total. The van der Waals surface area contributed by atoms with Crippen LogP contribution in [0.2, 0.25) is 0 Å². The predicted octanol–water partition coefficient (Wildman–Crippen LogP) is 1.97. The number of piperazine rings is 1. The summed E-state index contributed by atoms with van der Waals surface area (Å²) in [6.07, 6.45) is 7.23. The zero-order valence-corrected chi connectivity index (χ0v) is 16.1. The van der Waals surface area contributed by atoms with Gasteiger partial charge in [-0.2, -0.15) is 5.10 Å². The van der Waals surface area contributed by atoms with E-state index in [1.807, 2.05) is 16.9 Å². The molecule has 4 rings (SSSR count). The van der Waals surface area contributed by atoms with Crippen LogP contribution in [0.4, 0.5) is 0 Å². The van der Waals surface area contributed by atoms with Crippen LogP contribution in [0.3, 0.4) is 0 Å². The average Bonchev–Trinajstić information content (AvgIpc) is 3.34. The molecule has 0 saturated carbocycles. The van der Waals surface area contributed by atoms with Crippen molar-refractivity contribution >= 4 is 0 Å². The zero-order chi connectivity index (χ0) is 18.6. The number of rotatable bonds is 7. The van der Waals surface area contributed by atoms with Crippen molar-refractivity contribution < 1.29 is 9.84 Å². The number of ether oxygens (including phenoxy) is 1. The highest BCUT2D eigenvalue weighted by Gasteiger charge is 2.35. The molecule has 0 radical (unpaired) electrons. The Hall–Kier alpha value is -1.89. The van der Waals surface area contributed by atoms with Crippen LogP contribution in [0, 0.1) is 0 Å². The molecule has 0 spiro atoms. The average molecular weight is 370 g/mol. The fraction of sp³-hybridized carbons (Fsp3) is 0.571. The zero-order valence-electron chi connectivity index (χ0n) is 16.1. The van der Waals surface area contributed by atoms with Gasteiger partial charge in [-0.3, -0.25) is 14.5 Å². The second-order valence-corrected chi connectivity index (χ2v) is 7.74. The Balaban J connectivity index is 1.51. The van der Waals surface area contributed by atoms with E-state index in [1.165, 1.54) is 24.9 Å². The minimum absolute atomic E-state index is 0.257. The molecule has 146 valence electrons. The van der Waals surface area contributed by atoms with Crippen LogP contribution < -0.4 is 4.74 Å². The van der Waals surface area contributed by atoms with E-state index in [1.54, 1.807) is 13.3 Å². The van der Waals surface area contributed by atoms with Crippen LogP contribution in [0.15, 0.2) is 36.7 Å². The number of fused-ring (bicyclic) bond motifs is 1. The molecule has 2 atom stereocenters. The Kier molecular flexibility index (Phi) is 5.76. The number of hydrogen-bond acceptors (Lipinski definition) is 5. The quantitative estimate of drug-likeness (QED) is 0.808. The molecule has 2 aliphatic heterocycles. The topological polar surface area (TPSA) is 53.8 Å². The van der Waals surface area contributed by atoms with Crippen molar-refractivity contribution in [3.8, 4) is 5.75 Å². The van der Waals surface area contributed by atoms with Gasteiger partial charge < -0.3 is 9.84 Å². The third-order valence-electron chi connectivity index (χ3n) is 5.99. The molecule has 27 heavy (non-hydrogen) atoms. The Morgan fingerprint density at radius 3 is 2.96 bits per heavy atom. The van der Waals surface area contributed by atoms with Crippen molar-refractivity contribution in [3.05, 3.63) is 47.8 Å². The number of methoxy groups -OCH3 is 1. The summed E-state index contributed by atoms with van der Waals surface area (Å²) in [6, 6.07) is 9.54. The third-order valence-corrected chi connectivity index (χ3v) is 5.99. The van der Waals surface area contributed by atoms with E-state index in [4.69, 9.17) is 4.74 Å². The number of hydrogen-bond donors (Lipinski definition) is 1. The van der Waals surface area contributed by atoms with E-state index in [-0.39, 0.29) is 6.61 Å². The van der Waals surface area contributed by atoms with Crippen molar-refractivity contribution in [3.63, 3.8) is 0 Å². The van der Waals surface area contributed by atoms with Gasteiger partial charge in [-0.15, -0.1) is 0 Å². The third kappa shape index (κ3) is 4.18. The molecule has 0 aliphatic carbocycles. The number of aliphatic hydroxyl groups is 1. The van der Waals surface area contributed by atoms with E-state index in [9.17, 15) is 5.11 Å². The normalized spacial score (nSPS) is 23.5. The number of aromatic nitrogens is 2. The molecule has 2 aromatic rings. The standard InChI is InChI=1S/C21H30N4O2/c1-27-21-6-5-17(12-18(21)14-25-10-3-8-22-25)13-24-16-19-4-2-9-23(19)15-20(24)7-11-26/h3,5-6,8,10,12,19-20,26H,2,4,7,9,11,13-16H2,1H3/t19-,20-/m0/s1. The van der Waals surface area contributed by atoms with Crippen LogP contribution in [0.25, 0.3) is 0 Å². The summed E-state index contributed by atoms with van der Waals surface area (Å²) in [5.41, 5.74) is 2.45. The van der Waals surface area contributed by atoms with Crippen molar-refractivity contribution in [2.75, 3.05) is 33.4 Å². The Labute approximate surface area is 161 Å². The van der Waals surface area contributed by atoms with E-state index in [0.29, 0.717) is 18.6 Å². The maximum Gasteiger partial charge on any atom is 0.123 e. The first-order chi connectivity index (χ1) is 13.3. The summed E-state index contributed by atoms with van der Waals surface area (Å²) >= 11 is 0. The van der Waals surface area contributed by atoms with Crippen LogP contribution >= 0.6 is 0 Å². The van der Waals surface area contributed by atoms with Gasteiger partial charge in [-0.25, -0.2) is 0 Å². The summed E-state index contributed by atoms with van der Waals surface area (Å²) in [7, 11) is 1.72. The highest BCUT2D eigenvalue weighted by molar-refractivity contribution is 5.37. The first kappa shape index (κ1) is 18.5. The van der Waals surface area contributed by atoms with Gasteiger partial charge in [-0.1, -0.05) is 6.07 Å². The van der Waals surface area contributed by atoms with Crippen molar-refractivity contribution in [2.24, 2.45) is 0 Å². The number of benzene rings is 1. The highest BCUT2D eigenvalue weighted by atomic mass is 16.5. The summed E-state index contributed by atoms with van der Waals surface area (Å²) in [4.78, 5) is 5.19. The molecule has 3 heterocycles. The molecule has 6 heteroatoms. The minimum Gasteiger partial charge on any atom is -0.496 e. The molecule has 0 amide bonds. The second kappa shape index (κ2) is 8.42. The van der Waals surface area contributed by atoms with E-state index in [2.05, 4.69) is 33.1 Å². The van der Waals surface area contributed by atoms with Gasteiger partial charge in [0.05, 0.1) is 13.7 Å². The van der Waals surface area contributed by atoms with Gasteiger partial charge in [0.2, 0.25) is 0 Å². The molecule has 2 fully saturated rings. The monoisotopic (exact) mass is 370 g/mol. The SMILES string of the molecule is COc1ccc(CN2C[C@@H]3CCCN3C[C@@H]2CCO)cc1Cn1cccn1. The molecule has 1 aromatic carbocycles. The van der Waals surface area contributed by atoms with Crippen molar-refractivity contribution in [1.82, 2.24) is 19.6 Å². The smallest absolute Gasteiger partial charge is 0.123 e. The Morgan fingerprint density at radius 2 is 2.19 bits per heavy atom. The van der Waals surface area contributed by atoms with Gasteiger partial charge in [0.25, 0.3) is 0 Å². The molecule has 1 aromatic heterocycles. The van der Waals surface area contributed by atoms with E-state index in [0.717, 1.165) is 37.4 Å². The van der Waals surface area contributed by atoms with Crippen molar-refractivity contribution in [2.45, 2.75) is 44.4 Å². The molecular weight excluding hydrogens is 340 g/mol. The maximum absolute atomic E-state index is 9.53. The van der Waals surface area contributed by atoms with Gasteiger partial charge in [0, 0.05) is 56.3 Å². The lowest BCUT2D eigenvalue weighted by Gasteiger charge is -2.43. The predicted molar refractivity (Wildman–Crippen MR) is 105 cm³/mol. The van der Waals surface area contributed by atoms with Crippen LogP contribution in [-0.4, -0.2) is 70.1 Å². The summed E-state index contributed by atoms with van der Waals surface area (Å²) in [6.45, 7) is 5.29. The Bertz CT molecular complexity index is 734. The molecule has 1 N–H and O–H groups in total. The molecule has 2 saturated heterocycles. The van der Waals surface area contributed by atoms with Gasteiger partial charge >= 0.3 is 0 Å². The van der Waals surface area contributed by atoms with Gasteiger partial charge in [0.1, 0.15) is 5.75 Å². The minimum atomic E-state index is 0.257. The molecule has 2 aliphatic rings. The van der Waals surface area contributed by atoms with Gasteiger partial charge in [-0.05, 0) is 49.6 Å². The number of aliphatic hydroxyl groups excluding tert-OH is 1. The van der Waals surface area contributed by atoms with Crippen molar-refractivity contribution in [1.29, 1.82) is 0 Å². The second-order valence-electron chi connectivity index (χ2n) is 7.74. The number of nitrogens with zero attached hydrogens (tertiary/aromatic N) is 4. The lowest BCUT2D eigenvalue weighted by molar-refractivity contribution is 0.0333. The van der Waals surface area contributed by atoms with Gasteiger partial charge in [0.15, 0.2) is 0 Å². The fourth-order valence-electron chi connectivity index (χ4n) is 4.62. The first-order valence-electron chi connectivity index (χ1n) is 9.99. The van der Waals surface area contributed by atoms with Crippen LogP contribution in [-0.2, 0) is 13.1 Å². The van der Waals surface area contributed by atoms with E-state index < -0.39 is 0 Å². The molecule has 0 unspecified atom stereocenters. The lowest BCUT2D eigenvalue weighted by Crippen LogP contribution is -2.55. The summed E-state index contributed by atoms with van der Waals surface area (Å²) in [5.74, 6) is 0.904. The summed E-state index contributed by atoms with van der Waals surface area (Å²) in [5, 5.41) is 13.8. The maximum atomic E-state index is 9.53. The lowest BCUT2D eigenvalue weighted by atomic mass is 10.0. The fourth-order valence-corrected chi connectivity index (χ4v) is 4.62. The van der Waals surface area contributed by atoms with Crippen LogP contribution in [0.5, 0.6) is 5.75 Å². The summed E-state index contributed by atoms with van der Waals surface area (Å²) < 4.78 is 7.49. The molecular formula is C21H30N4O2. The molecule has 0 bridgehead atoms. The van der Waals surface area contributed by atoms with Crippen LogP contribution in [0.1, 0.15) is 30.4 Å². The van der Waals surface area contributed by atoms with E-state index >= 15 is 0 Å². The largest absolute Gasteiger partial charge is 0.496 e. The first-order valence-corrected chi connectivity index (χ1v) is 9.99. The highest BCUT2D eigenvalue weighted by Crippen LogP contribution is 2.28.